The Bertz CT molecular complexity index is 47.6. The van der Waals surface area contributed by atoms with E-state index in [1.807, 2.05) is 4.08 Å². The standard InChI is InChI=1S/C2H3INO/c1-2-5-4-3-1/h1-2,4H/q-1. The van der Waals surface area contributed by atoms with Gasteiger partial charge in [0, 0.05) is 0 Å². The van der Waals surface area contributed by atoms with Crippen LogP contribution < -0.4 is 25.2 Å². The number of nitrogens with one attached hydrogen (secondary N) is 1. The van der Waals surface area contributed by atoms with Crippen molar-refractivity contribution in [3.8, 4) is 0 Å². The molecule has 0 aliphatic carbocycles. The van der Waals surface area contributed by atoms with E-state index in [1.165, 1.54) is 0 Å². The van der Waals surface area contributed by atoms with Gasteiger partial charge in [-0.2, -0.15) is 0 Å². The van der Waals surface area contributed by atoms with Crippen LogP contribution >= 0.6 is 0 Å². The quantitative estimate of drug-likeness (QED) is 0.320. The molecule has 3 heteroatoms. The van der Waals surface area contributed by atoms with Gasteiger partial charge in [-0.1, -0.05) is 0 Å². The predicted octanol–water partition coefficient (Wildman–Crippen LogP) is -3.00. The van der Waals surface area contributed by atoms with Crippen molar-refractivity contribution in [3.63, 3.8) is 0 Å². The SMILES string of the molecule is C1=C[I-]NO1. The van der Waals surface area contributed by atoms with Crippen LogP contribution in [0.5, 0.6) is 0 Å². The molecule has 1 N–H and O–H groups in total. The van der Waals surface area contributed by atoms with Crippen molar-refractivity contribution in [1.82, 2.24) is 3.69 Å². The Morgan fingerprint density at radius 1 is 1.80 bits per heavy atom. The first-order valence-electron chi connectivity index (χ1n) is 1.18. The third-order valence-corrected chi connectivity index (χ3v) is 1.43. The molecule has 0 radical (unpaired) electrons. The van der Waals surface area contributed by atoms with Crippen LogP contribution in [0.15, 0.2) is 10.3 Å². The van der Waals surface area contributed by atoms with E-state index >= 15 is 0 Å². The Kier molecular flexibility index (Phi) is 1.10. The molecule has 0 aromatic heterocycles. The predicted molar refractivity (Wildman–Crippen MR) is 13.4 cm³/mol. The molecular formula is C2H3INO-. The molecule has 1 rings (SSSR count). The summed E-state index contributed by atoms with van der Waals surface area (Å²) in [5.74, 6) is 0. The van der Waals surface area contributed by atoms with E-state index in [-0.39, 0.29) is 21.5 Å². The second-order valence-electron chi connectivity index (χ2n) is 0.566. The van der Waals surface area contributed by atoms with Gasteiger partial charge in [0.25, 0.3) is 0 Å². The van der Waals surface area contributed by atoms with Gasteiger partial charge < -0.3 is 0 Å². The zero-order valence-electron chi connectivity index (χ0n) is 2.44. The molecule has 0 atom stereocenters. The summed E-state index contributed by atoms with van der Waals surface area (Å²) < 4.78 is 4.73. The van der Waals surface area contributed by atoms with Gasteiger partial charge in [0.2, 0.25) is 0 Å². The van der Waals surface area contributed by atoms with Crippen LogP contribution in [0.2, 0.25) is 0 Å². The number of halogens is 1. The second-order valence-corrected chi connectivity index (χ2v) is 2.35. The summed E-state index contributed by atoms with van der Waals surface area (Å²) in [5.41, 5.74) is 0. The number of hydrogen-bond acceptors (Lipinski definition) is 2. The average Bonchev–Trinajstić information content (AvgIpc) is 1.76. The molecule has 0 aromatic rings. The summed E-state index contributed by atoms with van der Waals surface area (Å²) in [4.78, 5) is 4.56. The molecule has 0 saturated heterocycles. The van der Waals surface area contributed by atoms with E-state index in [2.05, 4.69) is 8.53 Å². The molecule has 1 heterocycles. The van der Waals surface area contributed by atoms with E-state index in [0.29, 0.717) is 0 Å². The van der Waals surface area contributed by atoms with Gasteiger partial charge in [-0.05, 0) is 0 Å². The Hall–Kier alpha value is 0.230. The Labute approximate surface area is 40.8 Å². The van der Waals surface area contributed by atoms with E-state index in [0.717, 1.165) is 0 Å². The summed E-state index contributed by atoms with van der Waals surface area (Å²) >= 11 is 0.0894. The van der Waals surface area contributed by atoms with Gasteiger partial charge in [-0.25, -0.2) is 0 Å². The fourth-order valence-electron chi connectivity index (χ4n) is 0.129. The second kappa shape index (κ2) is 1.61. The van der Waals surface area contributed by atoms with E-state index in [9.17, 15) is 0 Å². The van der Waals surface area contributed by atoms with Gasteiger partial charge in [0.05, 0.1) is 0 Å². The third-order valence-electron chi connectivity index (χ3n) is 0.272. The van der Waals surface area contributed by atoms with Crippen molar-refractivity contribution in [3.05, 3.63) is 10.3 Å². The Morgan fingerprint density at radius 3 is 3.00 bits per heavy atom. The Morgan fingerprint density at radius 2 is 2.80 bits per heavy atom. The first kappa shape index (κ1) is 3.42. The first-order valence-corrected chi connectivity index (χ1v) is 3.50. The van der Waals surface area contributed by atoms with Crippen LogP contribution in [0.3, 0.4) is 0 Å². The fraction of sp³-hybridized carbons (Fsp3) is 0. The molecule has 0 unspecified atom stereocenters. The van der Waals surface area contributed by atoms with Gasteiger partial charge in [-0.3, -0.25) is 0 Å². The van der Waals surface area contributed by atoms with Crippen molar-refractivity contribution in [2.45, 2.75) is 0 Å². The van der Waals surface area contributed by atoms with Gasteiger partial charge in [-0.15, -0.1) is 0 Å². The molecule has 0 saturated carbocycles. The normalized spacial score (nSPS) is 20.8. The molecular weight excluding hydrogens is 181 g/mol. The fourth-order valence-corrected chi connectivity index (χ4v) is 0.863. The summed E-state index contributed by atoms with van der Waals surface area (Å²) in [5, 5.41) is 0. The molecule has 2 nitrogen and oxygen atoms in total. The van der Waals surface area contributed by atoms with Crippen LogP contribution in [0, 0.1) is 0 Å². The molecule has 5 heavy (non-hydrogen) atoms. The van der Waals surface area contributed by atoms with Crippen LogP contribution in [-0.2, 0) is 4.84 Å². The summed E-state index contributed by atoms with van der Waals surface area (Å²) in [7, 11) is 0. The molecule has 0 bridgehead atoms. The van der Waals surface area contributed by atoms with Crippen LogP contribution in [0.1, 0.15) is 0 Å². The zero-order chi connectivity index (χ0) is 3.54. The van der Waals surface area contributed by atoms with E-state index in [4.69, 9.17) is 0 Å². The number of hydrogen-bond donors (Lipinski definition) is 1. The molecule has 0 aromatic carbocycles. The minimum atomic E-state index is 0.0894. The topological polar surface area (TPSA) is 21.3 Å². The number of rotatable bonds is 0. The van der Waals surface area contributed by atoms with Crippen LogP contribution in [0.4, 0.5) is 0 Å². The van der Waals surface area contributed by atoms with Crippen LogP contribution in [-0.4, -0.2) is 0 Å². The van der Waals surface area contributed by atoms with Crippen LogP contribution in [0.25, 0.3) is 0 Å². The van der Waals surface area contributed by atoms with E-state index < -0.39 is 0 Å². The summed E-state index contributed by atoms with van der Waals surface area (Å²) in [6.07, 6.45) is 1.67. The monoisotopic (exact) mass is 184 g/mol. The average molecular weight is 184 g/mol. The Balaban J connectivity index is 2.32. The van der Waals surface area contributed by atoms with E-state index in [1.54, 1.807) is 6.26 Å². The summed E-state index contributed by atoms with van der Waals surface area (Å²) in [6, 6.07) is 0. The van der Waals surface area contributed by atoms with Crippen molar-refractivity contribution >= 4 is 0 Å². The van der Waals surface area contributed by atoms with Crippen molar-refractivity contribution in [2.24, 2.45) is 0 Å². The molecule has 0 amide bonds. The molecule has 0 spiro atoms. The van der Waals surface area contributed by atoms with Gasteiger partial charge >= 0.3 is 40.4 Å². The molecule has 30 valence electrons. The van der Waals surface area contributed by atoms with Crippen molar-refractivity contribution < 1.29 is 26.3 Å². The first-order chi connectivity index (χ1) is 2.50. The minimum absolute atomic E-state index is 0.0894. The molecule has 1 aliphatic heterocycles. The van der Waals surface area contributed by atoms with Crippen molar-refractivity contribution in [1.29, 1.82) is 0 Å². The summed E-state index contributed by atoms with van der Waals surface area (Å²) in [6.45, 7) is 0. The third kappa shape index (κ3) is 0.769. The van der Waals surface area contributed by atoms with Gasteiger partial charge in [0.15, 0.2) is 0 Å². The van der Waals surface area contributed by atoms with Crippen molar-refractivity contribution in [2.75, 3.05) is 0 Å². The van der Waals surface area contributed by atoms with Gasteiger partial charge in [0.1, 0.15) is 0 Å². The molecule has 1 aliphatic rings. The maximum absolute atomic E-state index is 4.56. The maximum atomic E-state index is 4.56. The molecule has 0 fully saturated rings. The zero-order valence-corrected chi connectivity index (χ0v) is 4.60.